The van der Waals surface area contributed by atoms with Gasteiger partial charge < -0.3 is 14.6 Å². The second kappa shape index (κ2) is 5.94. The first kappa shape index (κ1) is 16.5. The van der Waals surface area contributed by atoms with E-state index in [1.54, 1.807) is 23.3 Å². The van der Waals surface area contributed by atoms with Gasteiger partial charge in [0.05, 0.1) is 17.4 Å². The Balaban J connectivity index is 1.74. The van der Waals surface area contributed by atoms with Gasteiger partial charge in [-0.1, -0.05) is 0 Å². The van der Waals surface area contributed by atoms with Crippen LogP contribution in [0.5, 0.6) is 0 Å². The lowest BCUT2D eigenvalue weighted by Crippen LogP contribution is -2.38. The van der Waals surface area contributed by atoms with Crippen molar-refractivity contribution in [2.24, 2.45) is 4.40 Å². The highest BCUT2D eigenvalue weighted by Gasteiger charge is 2.25. The molecule has 8 heteroatoms. The zero-order valence-corrected chi connectivity index (χ0v) is 14.6. The summed E-state index contributed by atoms with van der Waals surface area (Å²) < 4.78 is 32.2. The molecule has 0 aliphatic carbocycles. The molecule has 0 saturated heterocycles. The van der Waals surface area contributed by atoms with Gasteiger partial charge in [0.15, 0.2) is 0 Å². The van der Waals surface area contributed by atoms with E-state index in [0.29, 0.717) is 11.4 Å². The van der Waals surface area contributed by atoms with E-state index in [9.17, 15) is 13.2 Å². The first-order valence-electron chi connectivity index (χ1n) is 7.62. The van der Waals surface area contributed by atoms with E-state index in [4.69, 9.17) is 4.42 Å². The molecular weight excluding hydrogens is 330 g/mol. The van der Waals surface area contributed by atoms with Gasteiger partial charge in [-0.2, -0.15) is 0 Å². The quantitative estimate of drug-likeness (QED) is 0.894. The van der Waals surface area contributed by atoms with Gasteiger partial charge >= 0.3 is 0 Å². The van der Waals surface area contributed by atoms with Gasteiger partial charge in [-0.25, -0.2) is 8.42 Å². The highest BCUT2D eigenvalue weighted by Crippen LogP contribution is 2.22. The van der Waals surface area contributed by atoms with Crippen LogP contribution in [-0.2, 0) is 14.8 Å². The van der Waals surface area contributed by atoms with Gasteiger partial charge in [0.25, 0.3) is 15.9 Å². The summed E-state index contributed by atoms with van der Waals surface area (Å²) in [6, 6.07) is 1.71. The smallest absolute Gasteiger partial charge is 0.256 e. The van der Waals surface area contributed by atoms with Crippen molar-refractivity contribution >= 4 is 21.8 Å². The number of fused-ring (bicyclic) bond motifs is 1. The van der Waals surface area contributed by atoms with Crippen LogP contribution in [0.4, 0.5) is 0 Å². The van der Waals surface area contributed by atoms with Crippen LogP contribution >= 0.6 is 0 Å². The summed E-state index contributed by atoms with van der Waals surface area (Å²) in [4.78, 5) is 14.1. The van der Waals surface area contributed by atoms with Crippen molar-refractivity contribution in [2.75, 3.05) is 12.3 Å². The average molecular weight is 349 g/mol. The highest BCUT2D eigenvalue weighted by molar-refractivity contribution is 7.90. The molecule has 2 aliphatic rings. The van der Waals surface area contributed by atoms with E-state index in [1.165, 1.54) is 0 Å². The van der Waals surface area contributed by atoms with Crippen LogP contribution in [0.2, 0.25) is 0 Å². The summed E-state index contributed by atoms with van der Waals surface area (Å²) in [7, 11) is -3.39. The molecule has 0 fully saturated rings. The fraction of sp³-hybridized carbons (Fsp3) is 0.375. The number of sulfonamides is 1. The molecule has 1 aromatic rings. The lowest BCUT2D eigenvalue weighted by atomic mass is 10.1. The van der Waals surface area contributed by atoms with Crippen molar-refractivity contribution < 1.29 is 17.6 Å². The maximum atomic E-state index is 12.5. The van der Waals surface area contributed by atoms with E-state index < -0.39 is 10.0 Å². The fourth-order valence-electron chi connectivity index (χ4n) is 2.77. The number of nitrogens with zero attached hydrogens (tertiary/aromatic N) is 2. The van der Waals surface area contributed by atoms with Crippen molar-refractivity contribution in [3.63, 3.8) is 0 Å². The number of nitrogens with one attached hydrogen (secondary N) is 1. The molecule has 128 valence electrons. The normalized spacial score (nSPS) is 20.0. The van der Waals surface area contributed by atoms with Crippen molar-refractivity contribution in [2.45, 2.75) is 26.8 Å². The predicted molar refractivity (Wildman–Crippen MR) is 89.9 cm³/mol. The third-order valence-corrected chi connectivity index (χ3v) is 5.14. The summed E-state index contributed by atoms with van der Waals surface area (Å²) in [5, 5.41) is 2.93. The van der Waals surface area contributed by atoms with E-state index in [-0.39, 0.29) is 24.2 Å². The number of carbonyl (C=O) groups excluding carboxylic acids is 1. The minimum atomic E-state index is -3.39. The lowest BCUT2D eigenvalue weighted by Gasteiger charge is -2.27. The molecule has 3 heterocycles. The third-order valence-electron chi connectivity index (χ3n) is 3.98. The number of furan rings is 1. The van der Waals surface area contributed by atoms with E-state index in [1.807, 2.05) is 26.8 Å². The van der Waals surface area contributed by atoms with Crippen LogP contribution in [0.15, 0.2) is 38.8 Å². The van der Waals surface area contributed by atoms with Crippen LogP contribution < -0.4 is 5.32 Å². The second-order valence-electron chi connectivity index (χ2n) is 5.91. The average Bonchev–Trinajstić information content (AvgIpc) is 2.84. The van der Waals surface area contributed by atoms with E-state index in [0.717, 1.165) is 17.1 Å². The second-order valence-corrected chi connectivity index (χ2v) is 7.67. The topological polar surface area (TPSA) is 92.0 Å². The molecule has 0 spiro atoms. The maximum Gasteiger partial charge on any atom is 0.256 e. The first-order chi connectivity index (χ1) is 11.2. The number of amidine groups is 1. The summed E-state index contributed by atoms with van der Waals surface area (Å²) >= 11 is 0. The molecule has 0 aromatic carbocycles. The highest BCUT2D eigenvalue weighted by atomic mass is 32.2. The Bertz CT molecular complexity index is 877. The predicted octanol–water partition coefficient (Wildman–Crippen LogP) is 1.57. The number of amides is 1. The molecule has 1 N–H and O–H groups in total. The zero-order valence-electron chi connectivity index (χ0n) is 13.7. The Morgan fingerprint density at radius 2 is 2.12 bits per heavy atom. The number of aryl methyl sites for hydroxylation is 2. The van der Waals surface area contributed by atoms with Crippen molar-refractivity contribution in [1.29, 1.82) is 0 Å². The Labute approximate surface area is 140 Å². The van der Waals surface area contributed by atoms with E-state index in [2.05, 4.69) is 9.71 Å². The molecule has 3 rings (SSSR count). The third kappa shape index (κ3) is 3.28. The van der Waals surface area contributed by atoms with Gasteiger partial charge in [-0.05, 0) is 39.0 Å². The van der Waals surface area contributed by atoms with Gasteiger partial charge in [0.1, 0.15) is 17.4 Å². The number of hydrogen-bond acceptors (Lipinski definition) is 5. The molecule has 24 heavy (non-hydrogen) atoms. The molecule has 0 saturated carbocycles. The van der Waals surface area contributed by atoms with Crippen LogP contribution in [-0.4, -0.2) is 37.4 Å². The zero-order chi connectivity index (χ0) is 17.5. The van der Waals surface area contributed by atoms with Gasteiger partial charge in [-0.15, -0.1) is 4.40 Å². The summed E-state index contributed by atoms with van der Waals surface area (Å²) in [6.07, 6.45) is 4.75. The first-order valence-corrected chi connectivity index (χ1v) is 9.23. The summed E-state index contributed by atoms with van der Waals surface area (Å²) in [5.41, 5.74) is 1.39. The Hall–Kier alpha value is -2.35. The van der Waals surface area contributed by atoms with Crippen LogP contribution in [0.25, 0.3) is 0 Å². The number of rotatable bonds is 3. The Kier molecular flexibility index (Phi) is 4.08. The fourth-order valence-corrected chi connectivity index (χ4v) is 3.74. The SMILES string of the molecule is Cc1cc([C@@H](C)NC(=O)C2=CN3CCS(=O)(=O)N=C3C=C2)c(C)o1. The molecule has 1 amide bonds. The molecule has 1 atom stereocenters. The van der Waals surface area contributed by atoms with Gasteiger partial charge in [0.2, 0.25) is 0 Å². The Morgan fingerprint density at radius 1 is 1.38 bits per heavy atom. The van der Waals surface area contributed by atoms with Gasteiger partial charge in [0, 0.05) is 18.3 Å². The number of carbonyl (C=O) groups is 1. The standard InChI is InChI=1S/C16H19N3O4S/c1-10-8-14(12(3)23-10)11(2)17-16(20)13-4-5-15-18-24(21,22)7-6-19(15)9-13/h4-5,8-9,11H,6-7H2,1-3H3,(H,17,20)/t11-/m1/s1. The summed E-state index contributed by atoms with van der Waals surface area (Å²) in [6.45, 7) is 5.91. The largest absolute Gasteiger partial charge is 0.466 e. The van der Waals surface area contributed by atoms with Gasteiger partial charge in [-0.3, -0.25) is 4.79 Å². The summed E-state index contributed by atoms with van der Waals surface area (Å²) in [5.74, 6) is 1.64. The van der Waals surface area contributed by atoms with Crippen LogP contribution in [0, 0.1) is 13.8 Å². The number of hydrogen-bond donors (Lipinski definition) is 1. The van der Waals surface area contributed by atoms with Crippen molar-refractivity contribution in [1.82, 2.24) is 10.2 Å². The molecule has 1 aromatic heterocycles. The molecule has 0 bridgehead atoms. The minimum absolute atomic E-state index is 0.0559. The molecule has 0 radical (unpaired) electrons. The van der Waals surface area contributed by atoms with E-state index >= 15 is 0 Å². The molecule has 2 aliphatic heterocycles. The minimum Gasteiger partial charge on any atom is -0.466 e. The Morgan fingerprint density at radius 3 is 2.79 bits per heavy atom. The maximum absolute atomic E-state index is 12.5. The molecule has 0 unspecified atom stereocenters. The molecule has 7 nitrogen and oxygen atoms in total. The van der Waals surface area contributed by atoms with Crippen LogP contribution in [0.1, 0.15) is 30.0 Å². The van der Waals surface area contributed by atoms with Crippen LogP contribution in [0.3, 0.4) is 0 Å². The monoisotopic (exact) mass is 349 g/mol. The lowest BCUT2D eigenvalue weighted by molar-refractivity contribution is -0.117. The van der Waals surface area contributed by atoms with Crippen molar-refractivity contribution in [3.05, 3.63) is 47.1 Å². The van der Waals surface area contributed by atoms with Crippen molar-refractivity contribution in [3.8, 4) is 0 Å². The molecular formula is C16H19N3O4S.